The zero-order valence-corrected chi connectivity index (χ0v) is 13.3. The van der Waals surface area contributed by atoms with E-state index in [1.54, 1.807) is 12.2 Å². The van der Waals surface area contributed by atoms with E-state index in [4.69, 9.17) is 2.74 Å². The van der Waals surface area contributed by atoms with E-state index >= 15 is 0 Å². The maximum absolute atomic E-state index is 12.5. The number of allylic oxidation sites excluding steroid dienone is 5. The zero-order valence-electron chi connectivity index (χ0n) is 15.3. The quantitative estimate of drug-likeness (QED) is 0.633. The molecule has 0 spiro atoms. The fourth-order valence-corrected chi connectivity index (χ4v) is 5.86. The molecule has 0 unspecified atom stereocenters. The Morgan fingerprint density at radius 1 is 1.27 bits per heavy atom. The lowest BCUT2D eigenvalue weighted by Gasteiger charge is -2.56. The van der Waals surface area contributed by atoms with Crippen molar-refractivity contribution in [2.45, 2.75) is 46.0 Å². The van der Waals surface area contributed by atoms with Crippen molar-refractivity contribution >= 4 is 11.6 Å². The van der Waals surface area contributed by atoms with E-state index in [-0.39, 0.29) is 23.1 Å². The van der Waals surface area contributed by atoms with Gasteiger partial charge in [-0.2, -0.15) is 0 Å². The van der Waals surface area contributed by atoms with E-state index in [1.807, 2.05) is 6.08 Å². The highest BCUT2D eigenvalue weighted by Gasteiger charge is 2.59. The van der Waals surface area contributed by atoms with Gasteiger partial charge < -0.3 is 0 Å². The molecule has 0 heterocycles. The van der Waals surface area contributed by atoms with Crippen LogP contribution in [0.3, 0.4) is 0 Å². The molecule has 3 saturated carbocycles. The molecule has 0 aromatic heterocycles. The molecule has 4 rings (SSSR count). The second kappa shape index (κ2) is 4.31. The predicted molar refractivity (Wildman–Crippen MR) is 86.1 cm³/mol. The summed E-state index contributed by atoms with van der Waals surface area (Å²) in [5, 5.41) is 0. The molecule has 0 saturated heterocycles. The molecule has 5 atom stereocenters. The van der Waals surface area contributed by atoms with Crippen LogP contribution in [0.4, 0.5) is 0 Å². The Balaban J connectivity index is 1.83. The molecular formula is C20H24O2. The van der Waals surface area contributed by atoms with Gasteiger partial charge in [0.2, 0.25) is 0 Å². The number of Topliss-reactive ketones (excluding diaryl/α,β-unsaturated/α-hetero) is 1. The highest BCUT2D eigenvalue weighted by Crippen LogP contribution is 2.64. The van der Waals surface area contributed by atoms with E-state index in [1.165, 1.54) is 0 Å². The van der Waals surface area contributed by atoms with Gasteiger partial charge in [-0.3, -0.25) is 9.59 Å². The van der Waals surface area contributed by atoms with Gasteiger partial charge in [-0.1, -0.05) is 32.0 Å². The van der Waals surface area contributed by atoms with E-state index < -0.39 is 0 Å². The third-order valence-corrected chi connectivity index (χ3v) is 7.14. The first-order chi connectivity index (χ1) is 11.3. The first-order valence-electron chi connectivity index (χ1n) is 9.43. The molecule has 0 amide bonds. The molecule has 0 N–H and O–H groups in total. The van der Waals surface area contributed by atoms with Gasteiger partial charge in [0.25, 0.3) is 0 Å². The standard InChI is InChI=1S/C20H24O2/c1-12-10-14-15-4-5-18(22)20(15,3)9-7-16(14)19(2)8-6-13(21)11-17(12)19/h6,8,11,14-16H,1,4-5,7,9-10H2,2-3H3/t14-,15-,16-,19+,20-/m0/s1/i1+1D2. The van der Waals surface area contributed by atoms with Crippen LogP contribution in [-0.4, -0.2) is 11.6 Å². The molecule has 4 aliphatic carbocycles. The Hall–Kier alpha value is -1.44. The van der Waals surface area contributed by atoms with Gasteiger partial charge in [0.15, 0.2) is 5.78 Å². The topological polar surface area (TPSA) is 34.1 Å². The summed E-state index contributed by atoms with van der Waals surface area (Å²) < 4.78 is 15.9. The van der Waals surface area contributed by atoms with Crippen molar-refractivity contribution in [3.8, 4) is 0 Å². The molecule has 0 aromatic carbocycles. The Kier molecular flexibility index (Phi) is 2.36. The first kappa shape index (κ1) is 12.0. The van der Waals surface area contributed by atoms with Gasteiger partial charge >= 0.3 is 0 Å². The van der Waals surface area contributed by atoms with Crippen molar-refractivity contribution in [1.82, 2.24) is 0 Å². The Labute approximate surface area is 135 Å². The number of hydrogen-bond donors (Lipinski definition) is 0. The molecule has 4 aliphatic rings. The number of ketones is 2. The molecule has 0 aliphatic heterocycles. The van der Waals surface area contributed by atoms with Crippen LogP contribution in [0.5, 0.6) is 0 Å². The average Bonchev–Trinajstić information content (AvgIpc) is 2.83. The van der Waals surface area contributed by atoms with Crippen molar-refractivity contribution in [2.75, 3.05) is 0 Å². The molecular weight excluding hydrogens is 273 g/mol. The van der Waals surface area contributed by atoms with Gasteiger partial charge in [-0.25, -0.2) is 0 Å². The van der Waals surface area contributed by atoms with E-state index in [9.17, 15) is 9.59 Å². The zero-order chi connectivity index (χ0) is 17.3. The van der Waals surface area contributed by atoms with E-state index in [0.29, 0.717) is 42.0 Å². The minimum Gasteiger partial charge on any atom is -0.299 e. The van der Waals surface area contributed by atoms with Crippen LogP contribution in [0.2, 0.25) is 0 Å². The summed E-state index contributed by atoms with van der Waals surface area (Å²) in [6.45, 7) is 4.11. The normalized spacial score (nSPS) is 48.0. The van der Waals surface area contributed by atoms with Crippen molar-refractivity contribution < 1.29 is 12.3 Å². The minimum atomic E-state index is -0.285. The van der Waals surface area contributed by atoms with Crippen LogP contribution < -0.4 is 0 Å². The van der Waals surface area contributed by atoms with Crippen LogP contribution in [0, 0.1) is 28.6 Å². The predicted octanol–water partition coefficient (Wildman–Crippen LogP) is 4.03. The highest BCUT2D eigenvalue weighted by molar-refractivity contribution is 6.02. The molecule has 0 aromatic rings. The van der Waals surface area contributed by atoms with Crippen LogP contribution in [0.15, 0.2) is 35.9 Å². The number of carbonyl (C=O) groups excluding carboxylic acids is 2. The van der Waals surface area contributed by atoms with Crippen LogP contribution in [0.25, 0.3) is 0 Å². The summed E-state index contributed by atoms with van der Waals surface area (Å²) in [6, 6.07) is 0. The molecule has 116 valence electrons. The summed E-state index contributed by atoms with van der Waals surface area (Å²) in [5.41, 5.74) is 1.08. The fourth-order valence-electron chi connectivity index (χ4n) is 5.86. The highest BCUT2D eigenvalue weighted by atomic mass is 16.1. The molecule has 2 nitrogen and oxygen atoms in total. The summed E-state index contributed by atoms with van der Waals surface area (Å²) >= 11 is 0. The van der Waals surface area contributed by atoms with Gasteiger partial charge in [-0.05, 0) is 61.2 Å². The molecule has 3 fully saturated rings. The fraction of sp³-hybridized carbons (Fsp3) is 0.600. The third-order valence-electron chi connectivity index (χ3n) is 7.14. The second-order valence-electron chi connectivity index (χ2n) is 8.05. The monoisotopic (exact) mass is 299 g/mol. The Bertz CT molecular complexity index is 728. The van der Waals surface area contributed by atoms with Gasteiger partial charge in [0, 0.05) is 17.3 Å². The average molecular weight is 299 g/mol. The number of hydrogen-bond acceptors (Lipinski definition) is 2. The van der Waals surface area contributed by atoms with Gasteiger partial charge in [0.1, 0.15) is 5.78 Å². The van der Waals surface area contributed by atoms with Crippen molar-refractivity contribution in [3.63, 3.8) is 0 Å². The number of rotatable bonds is 0. The van der Waals surface area contributed by atoms with Crippen LogP contribution >= 0.6 is 0 Å². The summed E-state index contributed by atoms with van der Waals surface area (Å²) in [7, 11) is 0. The van der Waals surface area contributed by atoms with Crippen molar-refractivity contribution in [3.05, 3.63) is 35.9 Å². The SMILES string of the molecule is [2H][13C]([2H])=C1C[C@@H]2[C@H](CC[C@]3(C)C(=O)CC[C@@H]23)[C@@]2(C)C=CC(=O)C=C12. The largest absolute Gasteiger partial charge is 0.299 e. The second-order valence-corrected chi connectivity index (χ2v) is 8.05. The molecule has 0 radical (unpaired) electrons. The summed E-state index contributed by atoms with van der Waals surface area (Å²) in [4.78, 5) is 24.4. The number of fused-ring (bicyclic) bond motifs is 5. The lowest BCUT2D eigenvalue weighted by Crippen LogP contribution is -2.50. The lowest BCUT2D eigenvalue weighted by atomic mass is 9.48. The molecule has 0 bridgehead atoms. The van der Waals surface area contributed by atoms with Crippen LogP contribution in [-0.2, 0) is 9.59 Å². The first-order valence-corrected chi connectivity index (χ1v) is 8.43. The minimum absolute atomic E-state index is 0.0450. The summed E-state index contributed by atoms with van der Waals surface area (Å²) in [6.07, 6.45) is 9.48. The van der Waals surface area contributed by atoms with Crippen LogP contribution in [0.1, 0.15) is 48.7 Å². The lowest BCUT2D eigenvalue weighted by molar-refractivity contribution is -0.131. The molecule has 2 heteroatoms. The summed E-state index contributed by atoms with van der Waals surface area (Å²) in [5.74, 6) is 1.42. The smallest absolute Gasteiger partial charge is 0.178 e. The molecule has 22 heavy (non-hydrogen) atoms. The van der Waals surface area contributed by atoms with E-state index in [0.717, 1.165) is 24.8 Å². The Morgan fingerprint density at radius 3 is 2.86 bits per heavy atom. The van der Waals surface area contributed by atoms with Crippen molar-refractivity contribution in [2.24, 2.45) is 28.6 Å². The van der Waals surface area contributed by atoms with Crippen molar-refractivity contribution in [1.29, 1.82) is 0 Å². The maximum Gasteiger partial charge on any atom is 0.178 e. The van der Waals surface area contributed by atoms with Gasteiger partial charge in [-0.15, -0.1) is 0 Å². The van der Waals surface area contributed by atoms with Gasteiger partial charge in [0.05, 0.1) is 2.74 Å². The third kappa shape index (κ3) is 1.61. The Morgan fingerprint density at radius 2 is 2.09 bits per heavy atom. The maximum atomic E-state index is 12.5. The van der Waals surface area contributed by atoms with E-state index in [2.05, 4.69) is 13.8 Å². The number of carbonyl (C=O) groups is 2.